The number of aliphatic carboxylic acids is 1. The number of carboxylic acid groups (broad SMARTS) is 1. The van der Waals surface area contributed by atoms with Crippen molar-refractivity contribution in [1.82, 2.24) is 35.5 Å². The molecule has 2 heterocycles. The van der Waals surface area contributed by atoms with Gasteiger partial charge in [-0.2, -0.15) is 4.80 Å². The zero-order valence-electron chi connectivity index (χ0n) is 15.5. The summed E-state index contributed by atoms with van der Waals surface area (Å²) in [4.78, 5) is 43.3. The van der Waals surface area contributed by atoms with Crippen LogP contribution in [0.1, 0.15) is 12.0 Å². The summed E-state index contributed by atoms with van der Waals surface area (Å²) in [6.07, 6.45) is 1.57. The molecule has 30 heavy (non-hydrogen) atoms. The molecule has 0 aliphatic heterocycles. The zero-order chi connectivity index (χ0) is 20.6. The van der Waals surface area contributed by atoms with Gasteiger partial charge >= 0.3 is 12.1 Å². The summed E-state index contributed by atoms with van der Waals surface area (Å²) >= 11 is 0. The molecule has 1 atom stereocenters. The summed E-state index contributed by atoms with van der Waals surface area (Å²) in [7, 11) is 0. The van der Waals surface area contributed by atoms with E-state index in [4.69, 9.17) is 9.84 Å². The number of alkyl carbamates (subject to hydrolysis) is 1. The molecule has 0 aliphatic carbocycles. The van der Waals surface area contributed by atoms with Gasteiger partial charge in [-0.15, -0.1) is 22.6 Å². The Bertz CT molecular complexity index is 978. The van der Waals surface area contributed by atoms with E-state index in [0.29, 0.717) is 5.82 Å². The molecule has 12 nitrogen and oxygen atoms in total. The third-order valence-electron chi connectivity index (χ3n) is 3.73. The second kappa shape index (κ2) is 10.7. The molecule has 13 heteroatoms. The van der Waals surface area contributed by atoms with Gasteiger partial charge in [-0.05, 0) is 10.8 Å². The number of amides is 1. The van der Waals surface area contributed by atoms with Gasteiger partial charge in [0.1, 0.15) is 19.2 Å². The molecule has 1 unspecified atom stereocenters. The Kier molecular flexibility index (Phi) is 7.99. The Hall–Kier alpha value is -3.80. The molecule has 1 aromatic carbocycles. The smallest absolute Gasteiger partial charge is 0.408 e. The third kappa shape index (κ3) is 6.38. The summed E-state index contributed by atoms with van der Waals surface area (Å²) in [5, 5.41) is 22.8. The van der Waals surface area contributed by atoms with Crippen LogP contribution >= 0.6 is 12.4 Å². The van der Waals surface area contributed by atoms with Gasteiger partial charge in [0.2, 0.25) is 5.82 Å². The number of H-pyrrole nitrogens is 1. The molecule has 0 saturated carbocycles. The van der Waals surface area contributed by atoms with E-state index >= 15 is 0 Å². The number of benzene rings is 1. The number of ketones is 1. The average Bonchev–Trinajstić information content (AvgIpc) is 3.38. The van der Waals surface area contributed by atoms with Crippen molar-refractivity contribution in [3.05, 3.63) is 48.3 Å². The normalized spacial score (nSPS) is 11.2. The number of carbonyl (C=O) groups is 3. The number of nitrogens with zero attached hydrogens (tertiary/aromatic N) is 5. The number of aromatic amines is 1. The second-order valence-corrected chi connectivity index (χ2v) is 5.90. The van der Waals surface area contributed by atoms with Gasteiger partial charge in [0.05, 0.1) is 6.42 Å². The van der Waals surface area contributed by atoms with Crippen molar-refractivity contribution in [2.45, 2.75) is 25.6 Å². The van der Waals surface area contributed by atoms with Crippen molar-refractivity contribution in [3.8, 4) is 11.6 Å². The van der Waals surface area contributed by atoms with Crippen molar-refractivity contribution in [2.24, 2.45) is 0 Å². The predicted molar refractivity (Wildman–Crippen MR) is 103 cm³/mol. The highest BCUT2D eigenvalue weighted by molar-refractivity contribution is 5.90. The fraction of sp³-hybridized carbons (Fsp3) is 0.235. The summed E-state index contributed by atoms with van der Waals surface area (Å²) < 4.78 is 5.04. The van der Waals surface area contributed by atoms with Gasteiger partial charge in [0.25, 0.3) is 0 Å². The van der Waals surface area contributed by atoms with E-state index in [1.807, 2.05) is 6.07 Å². The number of hydrogen-bond acceptors (Lipinski definition) is 8. The fourth-order valence-electron chi connectivity index (χ4n) is 2.37. The van der Waals surface area contributed by atoms with Crippen LogP contribution in [0.15, 0.2) is 42.7 Å². The number of carboxylic acids is 1. The standard InChI is InChI=1S/C17H17N7O5.ClH/c25-13(9-24-22-16(21-23-24)15-18-6-7-19-15)12(8-14(26)27)20-17(28)29-10-11-4-2-1-3-5-11;/h1-7,12H,8-10H2,(H,18,19)(H,20,28)(H,26,27);1H. The topological polar surface area (TPSA) is 165 Å². The van der Waals surface area contributed by atoms with Gasteiger partial charge in [-0.25, -0.2) is 9.78 Å². The summed E-state index contributed by atoms with van der Waals surface area (Å²) in [5.74, 6) is -1.33. The molecule has 3 N–H and O–H groups in total. The lowest BCUT2D eigenvalue weighted by molar-refractivity contribution is -0.139. The van der Waals surface area contributed by atoms with Gasteiger partial charge in [0.15, 0.2) is 11.6 Å². The SMILES string of the molecule is Cl.O=C(O)CC(NC(=O)OCc1ccccc1)C(=O)Cn1nnc(-c2ncc[nH]2)n1. The number of carbonyl (C=O) groups excluding carboxylic acids is 2. The number of rotatable bonds is 9. The van der Waals surface area contributed by atoms with Crippen molar-refractivity contribution >= 4 is 30.3 Å². The number of imidazole rings is 1. The number of tetrazole rings is 1. The molecular weight excluding hydrogens is 418 g/mol. The quantitative estimate of drug-likeness (QED) is 0.441. The van der Waals surface area contributed by atoms with E-state index in [1.54, 1.807) is 30.5 Å². The van der Waals surface area contributed by atoms with E-state index < -0.39 is 30.3 Å². The summed E-state index contributed by atoms with van der Waals surface area (Å²) in [5.41, 5.74) is 0.751. The molecule has 0 fully saturated rings. The summed E-state index contributed by atoms with van der Waals surface area (Å²) in [6, 6.07) is 7.61. The van der Waals surface area contributed by atoms with E-state index in [0.717, 1.165) is 10.4 Å². The van der Waals surface area contributed by atoms with Crippen LogP contribution in [0.5, 0.6) is 0 Å². The number of ether oxygens (including phenoxy) is 1. The molecule has 2 aromatic heterocycles. The maximum atomic E-state index is 12.5. The third-order valence-corrected chi connectivity index (χ3v) is 3.73. The number of Topliss-reactive ketones (excluding diaryl/α,β-unsaturated/α-hetero) is 1. The fourth-order valence-corrected chi connectivity index (χ4v) is 2.37. The predicted octanol–water partition coefficient (Wildman–Crippen LogP) is 0.824. The number of halogens is 1. The number of nitrogens with one attached hydrogen (secondary N) is 2. The van der Waals surface area contributed by atoms with Crippen molar-refractivity contribution in [3.63, 3.8) is 0 Å². The second-order valence-electron chi connectivity index (χ2n) is 5.90. The van der Waals surface area contributed by atoms with E-state index in [9.17, 15) is 14.4 Å². The first-order valence-corrected chi connectivity index (χ1v) is 8.50. The van der Waals surface area contributed by atoms with Gasteiger partial charge < -0.3 is 20.1 Å². The highest BCUT2D eigenvalue weighted by atomic mass is 35.5. The highest BCUT2D eigenvalue weighted by Crippen LogP contribution is 2.06. The van der Waals surface area contributed by atoms with Crippen LogP contribution in [0.25, 0.3) is 11.6 Å². The first kappa shape index (κ1) is 22.5. The minimum absolute atomic E-state index is 0. The molecule has 0 aliphatic rings. The lowest BCUT2D eigenvalue weighted by atomic mass is 10.1. The van der Waals surface area contributed by atoms with E-state index in [1.165, 1.54) is 6.20 Å². The molecule has 3 aromatic rings. The monoisotopic (exact) mass is 435 g/mol. The van der Waals surface area contributed by atoms with Gasteiger partial charge in [-0.1, -0.05) is 30.3 Å². The van der Waals surface area contributed by atoms with Gasteiger partial charge in [-0.3, -0.25) is 9.59 Å². The Labute approximate surface area is 176 Å². The first-order valence-electron chi connectivity index (χ1n) is 8.50. The molecule has 0 radical (unpaired) electrons. The first-order chi connectivity index (χ1) is 14.0. The van der Waals surface area contributed by atoms with Crippen molar-refractivity contribution in [2.75, 3.05) is 0 Å². The van der Waals surface area contributed by atoms with Crippen LogP contribution in [0.4, 0.5) is 4.79 Å². The van der Waals surface area contributed by atoms with E-state index in [-0.39, 0.29) is 31.4 Å². The Morgan fingerprint density at radius 2 is 2.00 bits per heavy atom. The van der Waals surface area contributed by atoms with Crippen LogP contribution in [-0.4, -0.2) is 59.2 Å². The van der Waals surface area contributed by atoms with Crippen LogP contribution in [0, 0.1) is 0 Å². The molecule has 0 spiro atoms. The van der Waals surface area contributed by atoms with E-state index in [2.05, 4.69) is 30.7 Å². The number of aromatic nitrogens is 6. The Morgan fingerprint density at radius 1 is 1.23 bits per heavy atom. The molecule has 1 amide bonds. The molecule has 158 valence electrons. The maximum Gasteiger partial charge on any atom is 0.408 e. The minimum atomic E-state index is -1.31. The molecular formula is C17H18ClN7O5. The number of hydrogen-bond donors (Lipinski definition) is 3. The van der Waals surface area contributed by atoms with Crippen molar-refractivity contribution < 1.29 is 24.2 Å². The van der Waals surface area contributed by atoms with Crippen molar-refractivity contribution in [1.29, 1.82) is 0 Å². The lowest BCUT2D eigenvalue weighted by Crippen LogP contribution is -2.44. The maximum absolute atomic E-state index is 12.5. The van der Waals surface area contributed by atoms with Crippen LogP contribution in [0.3, 0.4) is 0 Å². The summed E-state index contributed by atoms with van der Waals surface area (Å²) in [6.45, 7) is -0.400. The largest absolute Gasteiger partial charge is 0.481 e. The minimum Gasteiger partial charge on any atom is -0.481 e. The highest BCUT2D eigenvalue weighted by Gasteiger charge is 2.25. The van der Waals surface area contributed by atoms with Crippen LogP contribution in [0.2, 0.25) is 0 Å². The van der Waals surface area contributed by atoms with Crippen LogP contribution < -0.4 is 5.32 Å². The Balaban J connectivity index is 0.00000320. The lowest BCUT2D eigenvalue weighted by Gasteiger charge is -2.15. The molecule has 0 saturated heterocycles. The van der Waals surface area contributed by atoms with Gasteiger partial charge in [0, 0.05) is 12.4 Å². The molecule has 0 bridgehead atoms. The van der Waals surface area contributed by atoms with Crippen LogP contribution in [-0.2, 0) is 27.5 Å². The Morgan fingerprint density at radius 3 is 2.67 bits per heavy atom. The average molecular weight is 436 g/mol. The molecule has 3 rings (SSSR count). The zero-order valence-corrected chi connectivity index (χ0v) is 16.3.